The Kier molecular flexibility index (Phi) is 31.0. The fourth-order valence-corrected chi connectivity index (χ4v) is 5.67. The first-order valence-corrected chi connectivity index (χ1v) is 18.1. The van der Waals surface area contributed by atoms with E-state index in [4.69, 9.17) is 4.74 Å². The molecule has 5 heteroatoms. The van der Waals surface area contributed by atoms with Gasteiger partial charge in [0.25, 0.3) is 0 Å². The van der Waals surface area contributed by atoms with Gasteiger partial charge in [0, 0.05) is 12.4 Å². The standard InChI is InChI=1S/C36H70O5/c1-3-5-7-21-27-33(37)28-22-17-13-9-12-16-20-26-32-36(40)41-34(29-23-8-6-4-2)30-24-18-14-10-11-15-19-25-31-35(38)39/h33-34,37H,3-32H2,1-2H3,(H,38,39)/p-1. The highest BCUT2D eigenvalue weighted by Crippen LogP contribution is 2.19. The molecule has 0 amide bonds. The van der Waals surface area contributed by atoms with Gasteiger partial charge in [-0.25, -0.2) is 0 Å². The third kappa shape index (κ3) is 31.7. The SMILES string of the molecule is CCCCCCC(O)CCCCCCCCCCC(=O)OC(CCCCCC)CCCCCCCCCCC(=O)[O-]. The van der Waals surface area contributed by atoms with Crippen molar-refractivity contribution in [3.8, 4) is 0 Å². The maximum atomic E-state index is 12.5. The minimum absolute atomic E-state index is 0.00435. The molecule has 244 valence electrons. The third-order valence-electron chi connectivity index (χ3n) is 8.39. The van der Waals surface area contributed by atoms with Gasteiger partial charge in [0.1, 0.15) is 6.10 Å². The summed E-state index contributed by atoms with van der Waals surface area (Å²) < 4.78 is 5.94. The van der Waals surface area contributed by atoms with E-state index < -0.39 is 5.97 Å². The van der Waals surface area contributed by atoms with E-state index in [1.165, 1.54) is 103 Å². The van der Waals surface area contributed by atoms with E-state index in [0.717, 1.165) is 77.0 Å². The van der Waals surface area contributed by atoms with E-state index in [1.807, 2.05) is 0 Å². The summed E-state index contributed by atoms with van der Waals surface area (Å²) in [4.78, 5) is 23.0. The Morgan fingerprint density at radius 3 is 1.27 bits per heavy atom. The molecule has 0 rings (SSSR count). The van der Waals surface area contributed by atoms with Crippen molar-refractivity contribution in [2.45, 2.75) is 219 Å². The fraction of sp³-hybridized carbons (Fsp3) is 0.944. The van der Waals surface area contributed by atoms with Gasteiger partial charge in [-0.15, -0.1) is 0 Å². The third-order valence-corrected chi connectivity index (χ3v) is 8.39. The second kappa shape index (κ2) is 31.8. The maximum Gasteiger partial charge on any atom is 0.306 e. The fourth-order valence-electron chi connectivity index (χ4n) is 5.67. The summed E-state index contributed by atoms with van der Waals surface area (Å²) in [6.07, 6.45) is 32.6. The minimum atomic E-state index is -0.937. The number of carboxylic acids is 1. The highest BCUT2D eigenvalue weighted by atomic mass is 16.5. The molecule has 0 aliphatic carbocycles. The average molecular weight is 582 g/mol. The van der Waals surface area contributed by atoms with Gasteiger partial charge in [-0.1, -0.05) is 142 Å². The molecule has 2 atom stereocenters. The Hall–Kier alpha value is -1.10. The zero-order chi connectivity index (χ0) is 30.2. The summed E-state index contributed by atoms with van der Waals surface area (Å²) in [6, 6.07) is 0. The Morgan fingerprint density at radius 2 is 0.854 bits per heavy atom. The highest BCUT2D eigenvalue weighted by molar-refractivity contribution is 5.69. The number of rotatable bonds is 33. The van der Waals surface area contributed by atoms with Crippen molar-refractivity contribution in [2.75, 3.05) is 0 Å². The van der Waals surface area contributed by atoms with Crippen LogP contribution < -0.4 is 5.11 Å². The number of aliphatic hydroxyl groups is 1. The van der Waals surface area contributed by atoms with Crippen LogP contribution in [0.15, 0.2) is 0 Å². The van der Waals surface area contributed by atoms with Crippen LogP contribution in [0.25, 0.3) is 0 Å². The quantitative estimate of drug-likeness (QED) is 0.0615. The summed E-state index contributed by atoms with van der Waals surface area (Å²) >= 11 is 0. The zero-order valence-electron chi connectivity index (χ0n) is 27.4. The number of hydrogen-bond donors (Lipinski definition) is 1. The smallest absolute Gasteiger partial charge is 0.306 e. The number of carboxylic acid groups (broad SMARTS) is 1. The lowest BCUT2D eigenvalue weighted by atomic mass is 10.0. The molecule has 0 aromatic carbocycles. The largest absolute Gasteiger partial charge is 0.550 e. The summed E-state index contributed by atoms with van der Waals surface area (Å²) in [5, 5.41) is 20.5. The summed E-state index contributed by atoms with van der Waals surface area (Å²) in [7, 11) is 0. The molecular formula is C36H69O5-. The lowest BCUT2D eigenvalue weighted by Crippen LogP contribution is -2.21. The highest BCUT2D eigenvalue weighted by Gasteiger charge is 2.14. The van der Waals surface area contributed by atoms with Gasteiger partial charge in [0.2, 0.25) is 0 Å². The zero-order valence-corrected chi connectivity index (χ0v) is 27.4. The van der Waals surface area contributed by atoms with Crippen molar-refractivity contribution in [2.24, 2.45) is 0 Å². The molecule has 0 bridgehead atoms. The second-order valence-electron chi connectivity index (χ2n) is 12.6. The molecule has 0 spiro atoms. The van der Waals surface area contributed by atoms with Crippen molar-refractivity contribution < 1.29 is 24.5 Å². The van der Waals surface area contributed by atoms with Gasteiger partial charge < -0.3 is 19.7 Å². The monoisotopic (exact) mass is 582 g/mol. The first-order valence-electron chi connectivity index (χ1n) is 18.1. The number of aliphatic carboxylic acids is 1. The van der Waals surface area contributed by atoms with Gasteiger partial charge in [-0.3, -0.25) is 4.79 Å². The maximum absolute atomic E-state index is 12.5. The van der Waals surface area contributed by atoms with Gasteiger partial charge in [-0.05, 0) is 57.8 Å². The van der Waals surface area contributed by atoms with Crippen molar-refractivity contribution in [1.29, 1.82) is 0 Å². The molecule has 0 heterocycles. The molecule has 5 nitrogen and oxygen atoms in total. The van der Waals surface area contributed by atoms with Gasteiger partial charge in [0.05, 0.1) is 6.10 Å². The lowest BCUT2D eigenvalue weighted by molar-refractivity contribution is -0.305. The Bertz CT molecular complexity index is 564. The normalized spacial score (nSPS) is 12.9. The summed E-state index contributed by atoms with van der Waals surface area (Å²) in [6.45, 7) is 4.45. The molecule has 0 fully saturated rings. The van der Waals surface area contributed by atoms with E-state index in [0.29, 0.717) is 6.42 Å². The molecule has 0 aromatic heterocycles. The number of esters is 1. The Morgan fingerprint density at radius 1 is 0.512 bits per heavy atom. The van der Waals surface area contributed by atoms with Crippen LogP contribution >= 0.6 is 0 Å². The van der Waals surface area contributed by atoms with E-state index in [9.17, 15) is 19.8 Å². The predicted molar refractivity (Wildman–Crippen MR) is 171 cm³/mol. The molecule has 41 heavy (non-hydrogen) atoms. The average Bonchev–Trinajstić information content (AvgIpc) is 2.95. The van der Waals surface area contributed by atoms with Crippen molar-refractivity contribution in [1.82, 2.24) is 0 Å². The first-order chi connectivity index (χ1) is 20.0. The van der Waals surface area contributed by atoms with E-state index in [-0.39, 0.29) is 24.6 Å². The number of carbonyl (C=O) groups excluding carboxylic acids is 2. The van der Waals surface area contributed by atoms with Crippen molar-refractivity contribution in [3.05, 3.63) is 0 Å². The van der Waals surface area contributed by atoms with Gasteiger partial charge in [-0.2, -0.15) is 0 Å². The van der Waals surface area contributed by atoms with Crippen molar-refractivity contribution >= 4 is 11.9 Å². The van der Waals surface area contributed by atoms with Crippen LogP contribution in [0.3, 0.4) is 0 Å². The number of hydrogen-bond acceptors (Lipinski definition) is 5. The Balaban J connectivity index is 3.82. The van der Waals surface area contributed by atoms with Crippen LogP contribution in [0.4, 0.5) is 0 Å². The van der Waals surface area contributed by atoms with Gasteiger partial charge in [0.15, 0.2) is 0 Å². The van der Waals surface area contributed by atoms with E-state index in [2.05, 4.69) is 13.8 Å². The van der Waals surface area contributed by atoms with Crippen molar-refractivity contribution in [3.63, 3.8) is 0 Å². The predicted octanol–water partition coefficient (Wildman–Crippen LogP) is 9.75. The summed E-state index contributed by atoms with van der Waals surface area (Å²) in [5.41, 5.74) is 0. The van der Waals surface area contributed by atoms with Crippen LogP contribution in [0.1, 0.15) is 206 Å². The molecule has 0 saturated carbocycles. The molecular weight excluding hydrogens is 512 g/mol. The first kappa shape index (κ1) is 39.9. The molecule has 1 N–H and O–H groups in total. The molecule has 0 aliphatic heterocycles. The molecule has 0 aromatic rings. The molecule has 0 saturated heterocycles. The summed E-state index contributed by atoms with van der Waals surface area (Å²) in [5.74, 6) is -0.941. The van der Waals surface area contributed by atoms with E-state index in [1.54, 1.807) is 0 Å². The topological polar surface area (TPSA) is 86.7 Å². The minimum Gasteiger partial charge on any atom is -0.550 e. The van der Waals surface area contributed by atoms with Crippen LogP contribution in [0, 0.1) is 0 Å². The van der Waals surface area contributed by atoms with E-state index >= 15 is 0 Å². The molecule has 0 radical (unpaired) electrons. The second-order valence-corrected chi connectivity index (χ2v) is 12.6. The number of carbonyl (C=O) groups is 2. The lowest BCUT2D eigenvalue weighted by Gasteiger charge is -2.18. The van der Waals surface area contributed by atoms with Crippen LogP contribution in [0.2, 0.25) is 0 Å². The van der Waals surface area contributed by atoms with Gasteiger partial charge >= 0.3 is 5.97 Å². The molecule has 0 aliphatic rings. The Labute approximate surface area is 255 Å². The number of unbranched alkanes of at least 4 members (excludes halogenated alkanes) is 20. The number of aliphatic hydroxyl groups excluding tert-OH is 1. The molecule has 2 unspecified atom stereocenters. The van der Waals surface area contributed by atoms with Crippen LogP contribution in [-0.4, -0.2) is 29.3 Å². The van der Waals surface area contributed by atoms with Crippen LogP contribution in [0.5, 0.6) is 0 Å². The number of ether oxygens (including phenoxy) is 1. The van der Waals surface area contributed by atoms with Crippen LogP contribution in [-0.2, 0) is 14.3 Å².